The number of fused-ring (bicyclic) bond motifs is 10. The molecule has 0 aliphatic carbocycles. The van der Waals surface area contributed by atoms with E-state index >= 15 is 0 Å². The zero-order valence-corrected chi connectivity index (χ0v) is 34.7. The number of aromatic nitrogens is 2. The summed E-state index contributed by atoms with van der Waals surface area (Å²) in [4.78, 5) is 8.03. The standard InChI is InChI=1S/C59H40N4/c1-61-52-21-11-10-20-49(52)58(45-24-23-39-15-5-6-17-42(39)35-45)60-59(61)63-55-33-29-44(37-51(55)57-47-18-8-7-16-41(47)27-34-56(57)63)43-28-32-54-50(36-43)48-19-9-12-22-53(48)62(54)46-30-25-40(26-31-46)38-13-3-2-4-14-38/h2-37,59H,1H3. The fourth-order valence-corrected chi connectivity index (χ4v) is 10.3. The molecule has 13 rings (SSSR count). The van der Waals surface area contributed by atoms with Crippen molar-refractivity contribution in [3.63, 3.8) is 0 Å². The first-order chi connectivity index (χ1) is 31.2. The van der Waals surface area contributed by atoms with E-state index in [1.54, 1.807) is 0 Å². The van der Waals surface area contributed by atoms with Gasteiger partial charge in [0.2, 0.25) is 6.29 Å². The van der Waals surface area contributed by atoms with Crippen LogP contribution in [0.25, 0.3) is 93.1 Å². The summed E-state index contributed by atoms with van der Waals surface area (Å²) in [5.41, 5.74) is 15.1. The first kappa shape index (κ1) is 35.5. The molecule has 0 saturated heterocycles. The zero-order valence-electron chi connectivity index (χ0n) is 34.7. The van der Waals surface area contributed by atoms with Crippen LogP contribution in [0.1, 0.15) is 17.4 Å². The van der Waals surface area contributed by atoms with Gasteiger partial charge in [-0.2, -0.15) is 0 Å². The molecule has 0 amide bonds. The first-order valence-electron chi connectivity index (χ1n) is 21.7. The average molecular weight is 805 g/mol. The Morgan fingerprint density at radius 3 is 1.81 bits per heavy atom. The third-order valence-electron chi connectivity index (χ3n) is 13.3. The number of aliphatic imine (C=N–C) groups is 1. The lowest BCUT2D eigenvalue weighted by molar-refractivity contribution is 0.540. The van der Waals surface area contributed by atoms with Crippen LogP contribution in [0, 0.1) is 0 Å². The van der Waals surface area contributed by atoms with E-state index in [-0.39, 0.29) is 6.29 Å². The summed E-state index contributed by atoms with van der Waals surface area (Å²) in [6, 6.07) is 79.7. The molecule has 12 aromatic rings. The van der Waals surface area contributed by atoms with Gasteiger partial charge >= 0.3 is 0 Å². The molecule has 0 spiro atoms. The second kappa shape index (κ2) is 13.9. The van der Waals surface area contributed by atoms with E-state index in [1.165, 1.54) is 76.4 Å². The maximum absolute atomic E-state index is 5.70. The summed E-state index contributed by atoms with van der Waals surface area (Å²) >= 11 is 0. The van der Waals surface area contributed by atoms with E-state index in [1.807, 2.05) is 0 Å². The van der Waals surface area contributed by atoms with Gasteiger partial charge in [-0.1, -0.05) is 158 Å². The lowest BCUT2D eigenvalue weighted by Crippen LogP contribution is -2.33. The fraction of sp³-hybridized carbons (Fsp3) is 0.0339. The smallest absolute Gasteiger partial charge is 0.203 e. The monoisotopic (exact) mass is 804 g/mol. The van der Waals surface area contributed by atoms with Crippen molar-refractivity contribution in [1.82, 2.24) is 9.13 Å². The molecule has 4 nitrogen and oxygen atoms in total. The van der Waals surface area contributed by atoms with Crippen LogP contribution in [-0.4, -0.2) is 21.9 Å². The van der Waals surface area contributed by atoms with Crippen molar-refractivity contribution in [2.75, 3.05) is 11.9 Å². The van der Waals surface area contributed by atoms with E-state index in [2.05, 4.69) is 239 Å². The van der Waals surface area contributed by atoms with Crippen LogP contribution in [0.4, 0.5) is 5.69 Å². The van der Waals surface area contributed by atoms with Crippen LogP contribution in [0.15, 0.2) is 223 Å². The van der Waals surface area contributed by atoms with E-state index in [4.69, 9.17) is 4.99 Å². The van der Waals surface area contributed by atoms with Crippen LogP contribution in [0.5, 0.6) is 0 Å². The van der Waals surface area contributed by atoms with Crippen LogP contribution in [0.3, 0.4) is 0 Å². The molecule has 63 heavy (non-hydrogen) atoms. The predicted octanol–water partition coefficient (Wildman–Crippen LogP) is 15.0. The number of nitrogens with zero attached hydrogens (tertiary/aromatic N) is 4. The van der Waals surface area contributed by atoms with E-state index in [0.717, 1.165) is 39.2 Å². The van der Waals surface area contributed by atoms with Crippen molar-refractivity contribution in [3.8, 4) is 27.9 Å². The number of benzene rings is 10. The van der Waals surface area contributed by atoms with Gasteiger partial charge in [0.05, 0.1) is 27.8 Å². The molecule has 0 saturated carbocycles. The molecular weight excluding hydrogens is 765 g/mol. The molecular formula is C59H40N4. The van der Waals surface area contributed by atoms with E-state index in [9.17, 15) is 0 Å². The van der Waals surface area contributed by atoms with Crippen molar-refractivity contribution in [2.45, 2.75) is 6.29 Å². The normalized spacial score (nSPS) is 14.0. The van der Waals surface area contributed by atoms with E-state index in [0.29, 0.717) is 0 Å². The topological polar surface area (TPSA) is 25.5 Å². The summed E-state index contributed by atoms with van der Waals surface area (Å²) < 4.78 is 4.86. The van der Waals surface area contributed by atoms with Crippen molar-refractivity contribution in [1.29, 1.82) is 0 Å². The number of para-hydroxylation sites is 2. The van der Waals surface area contributed by atoms with E-state index < -0.39 is 0 Å². The van der Waals surface area contributed by atoms with Gasteiger partial charge in [0.15, 0.2) is 0 Å². The molecule has 0 N–H and O–H groups in total. The minimum Gasteiger partial charge on any atom is -0.335 e. The Kier molecular flexibility index (Phi) is 7.85. The van der Waals surface area contributed by atoms with Crippen molar-refractivity contribution < 1.29 is 0 Å². The number of rotatable bonds is 5. The Bertz CT molecular complexity index is 3810. The summed E-state index contributed by atoms with van der Waals surface area (Å²) in [6.45, 7) is 0. The quantitative estimate of drug-likeness (QED) is 0.170. The Balaban J connectivity index is 0.990. The molecule has 4 heteroatoms. The van der Waals surface area contributed by atoms with Crippen molar-refractivity contribution in [3.05, 3.63) is 230 Å². The molecule has 10 aromatic carbocycles. The van der Waals surface area contributed by atoms with Gasteiger partial charge in [-0.3, -0.25) is 0 Å². The highest BCUT2D eigenvalue weighted by Crippen LogP contribution is 2.44. The highest BCUT2D eigenvalue weighted by molar-refractivity contribution is 6.22. The molecule has 1 aliphatic heterocycles. The van der Waals surface area contributed by atoms with Crippen LogP contribution in [-0.2, 0) is 0 Å². The second-order valence-electron chi connectivity index (χ2n) is 16.8. The van der Waals surface area contributed by atoms with Crippen LogP contribution in [0.2, 0.25) is 0 Å². The molecule has 0 radical (unpaired) electrons. The summed E-state index contributed by atoms with van der Waals surface area (Å²) in [5.74, 6) is 0. The number of anilines is 1. The van der Waals surface area contributed by atoms with Gasteiger partial charge in [0, 0.05) is 51.1 Å². The predicted molar refractivity (Wildman–Crippen MR) is 266 cm³/mol. The van der Waals surface area contributed by atoms with Gasteiger partial charge in [-0.25, -0.2) is 4.99 Å². The molecule has 0 fully saturated rings. The molecule has 296 valence electrons. The Hall–Kier alpha value is -8.21. The Morgan fingerprint density at radius 1 is 0.381 bits per heavy atom. The maximum atomic E-state index is 5.70. The van der Waals surface area contributed by atoms with Crippen molar-refractivity contribution >= 4 is 76.6 Å². The lowest BCUT2D eigenvalue weighted by Gasteiger charge is -2.35. The Morgan fingerprint density at radius 2 is 0.968 bits per heavy atom. The maximum Gasteiger partial charge on any atom is 0.203 e. The van der Waals surface area contributed by atoms with Gasteiger partial charge in [-0.15, -0.1) is 0 Å². The highest BCUT2D eigenvalue weighted by Gasteiger charge is 2.30. The minimum absolute atomic E-state index is 0.322. The first-order valence-corrected chi connectivity index (χ1v) is 21.7. The lowest BCUT2D eigenvalue weighted by atomic mass is 9.96. The molecule has 3 heterocycles. The summed E-state index contributed by atoms with van der Waals surface area (Å²) in [6.07, 6.45) is -0.322. The molecule has 1 unspecified atom stereocenters. The minimum atomic E-state index is -0.322. The third kappa shape index (κ3) is 5.51. The number of hydrogen-bond donors (Lipinski definition) is 0. The largest absolute Gasteiger partial charge is 0.335 e. The zero-order chi connectivity index (χ0) is 41.6. The number of hydrogen-bond acceptors (Lipinski definition) is 2. The molecule has 2 aromatic heterocycles. The SMILES string of the molecule is CN1c2ccccc2C(c2ccc3ccccc3c2)=NC1n1c2ccc(-c3ccc4c(c3)c3ccccc3n4-c3ccc(-c4ccccc4)cc3)cc2c2c3ccccc3ccc21. The van der Waals surface area contributed by atoms with Gasteiger partial charge < -0.3 is 14.0 Å². The molecule has 0 bridgehead atoms. The van der Waals surface area contributed by atoms with Gasteiger partial charge in [-0.05, 0) is 104 Å². The van der Waals surface area contributed by atoms with Crippen molar-refractivity contribution in [2.24, 2.45) is 4.99 Å². The second-order valence-corrected chi connectivity index (χ2v) is 16.8. The average Bonchev–Trinajstić information content (AvgIpc) is 3.87. The third-order valence-corrected chi connectivity index (χ3v) is 13.3. The summed E-state index contributed by atoms with van der Waals surface area (Å²) in [7, 11) is 2.18. The summed E-state index contributed by atoms with van der Waals surface area (Å²) in [5, 5.41) is 9.84. The molecule has 1 atom stereocenters. The van der Waals surface area contributed by atoms with Gasteiger partial charge in [0.1, 0.15) is 0 Å². The highest BCUT2D eigenvalue weighted by atomic mass is 15.4. The molecule has 1 aliphatic rings. The Labute approximate surface area is 364 Å². The van der Waals surface area contributed by atoms with Crippen LogP contribution < -0.4 is 4.90 Å². The fourth-order valence-electron chi connectivity index (χ4n) is 10.3. The van der Waals surface area contributed by atoms with Gasteiger partial charge in [0.25, 0.3) is 0 Å². The van der Waals surface area contributed by atoms with Crippen LogP contribution >= 0.6 is 0 Å².